The average Bonchev–Trinajstić information content (AvgIpc) is 2.60. The van der Waals surface area contributed by atoms with Crippen LogP contribution >= 0.6 is 22.6 Å². The standard InChI is InChI=1S/C14H21IN2O/c1-9(2)12-11(15)14(18)17-13(16-12)10-7-5-3-4-6-8-10/h9-10H,3-8H2,1-2H3,(H,16,17,18). The zero-order chi connectivity index (χ0) is 13.1. The van der Waals surface area contributed by atoms with Gasteiger partial charge in [0.05, 0.1) is 9.26 Å². The molecule has 0 aromatic carbocycles. The number of nitrogens with zero attached hydrogens (tertiary/aromatic N) is 1. The third-order valence-electron chi connectivity index (χ3n) is 3.70. The Morgan fingerprint density at radius 3 is 2.39 bits per heavy atom. The average molecular weight is 360 g/mol. The molecule has 0 saturated heterocycles. The molecule has 1 N–H and O–H groups in total. The van der Waals surface area contributed by atoms with Crippen LogP contribution in [0.2, 0.25) is 0 Å². The van der Waals surface area contributed by atoms with E-state index in [1.807, 2.05) is 0 Å². The lowest BCUT2D eigenvalue weighted by Crippen LogP contribution is -2.20. The van der Waals surface area contributed by atoms with Gasteiger partial charge in [-0.2, -0.15) is 0 Å². The van der Waals surface area contributed by atoms with Crippen LogP contribution in [-0.4, -0.2) is 9.97 Å². The van der Waals surface area contributed by atoms with Crippen molar-refractivity contribution >= 4 is 22.6 Å². The fourth-order valence-corrected chi connectivity index (χ4v) is 3.50. The first-order valence-corrected chi connectivity index (χ1v) is 7.97. The minimum absolute atomic E-state index is 0.0357. The highest BCUT2D eigenvalue weighted by atomic mass is 127. The van der Waals surface area contributed by atoms with E-state index in [9.17, 15) is 4.79 Å². The minimum Gasteiger partial charge on any atom is -0.309 e. The molecule has 1 fully saturated rings. The topological polar surface area (TPSA) is 45.8 Å². The monoisotopic (exact) mass is 360 g/mol. The summed E-state index contributed by atoms with van der Waals surface area (Å²) >= 11 is 2.11. The number of halogens is 1. The van der Waals surface area contributed by atoms with Gasteiger partial charge in [-0.3, -0.25) is 4.79 Å². The molecule has 0 atom stereocenters. The van der Waals surface area contributed by atoms with E-state index in [-0.39, 0.29) is 5.56 Å². The predicted molar refractivity (Wildman–Crippen MR) is 82.1 cm³/mol. The Morgan fingerprint density at radius 2 is 1.83 bits per heavy atom. The van der Waals surface area contributed by atoms with Gasteiger partial charge in [0.25, 0.3) is 5.56 Å². The Labute approximate surface area is 122 Å². The van der Waals surface area contributed by atoms with Gasteiger partial charge in [-0.25, -0.2) is 4.98 Å². The largest absolute Gasteiger partial charge is 0.309 e. The minimum atomic E-state index is 0.0357. The molecule has 0 bridgehead atoms. The molecule has 1 saturated carbocycles. The third-order valence-corrected chi connectivity index (χ3v) is 4.74. The lowest BCUT2D eigenvalue weighted by molar-refractivity contribution is 0.552. The van der Waals surface area contributed by atoms with Gasteiger partial charge in [0, 0.05) is 5.92 Å². The van der Waals surface area contributed by atoms with Crippen LogP contribution in [0, 0.1) is 3.57 Å². The van der Waals surface area contributed by atoms with Crippen LogP contribution in [0.4, 0.5) is 0 Å². The smallest absolute Gasteiger partial charge is 0.264 e. The second-order valence-electron chi connectivity index (χ2n) is 5.49. The van der Waals surface area contributed by atoms with Crippen LogP contribution in [0.15, 0.2) is 4.79 Å². The van der Waals surface area contributed by atoms with Crippen molar-refractivity contribution in [2.75, 3.05) is 0 Å². The fraction of sp³-hybridized carbons (Fsp3) is 0.714. The quantitative estimate of drug-likeness (QED) is 0.642. The Balaban J connectivity index is 2.35. The number of nitrogens with one attached hydrogen (secondary N) is 1. The summed E-state index contributed by atoms with van der Waals surface area (Å²) < 4.78 is 0.750. The number of hydrogen-bond acceptors (Lipinski definition) is 2. The zero-order valence-electron chi connectivity index (χ0n) is 11.1. The first-order chi connectivity index (χ1) is 8.59. The highest BCUT2D eigenvalue weighted by Crippen LogP contribution is 2.30. The van der Waals surface area contributed by atoms with Gasteiger partial charge in [-0.1, -0.05) is 39.5 Å². The second-order valence-corrected chi connectivity index (χ2v) is 6.57. The molecule has 1 aromatic heterocycles. The molecule has 1 aliphatic carbocycles. The maximum atomic E-state index is 12.0. The van der Waals surface area contributed by atoms with Crippen molar-refractivity contribution in [2.45, 2.75) is 64.2 Å². The van der Waals surface area contributed by atoms with E-state index in [4.69, 9.17) is 4.98 Å². The van der Waals surface area contributed by atoms with Crippen molar-refractivity contribution < 1.29 is 0 Å². The fourth-order valence-electron chi connectivity index (χ4n) is 2.62. The van der Waals surface area contributed by atoms with Crippen LogP contribution in [0.1, 0.15) is 75.7 Å². The molecule has 0 amide bonds. The summed E-state index contributed by atoms with van der Waals surface area (Å²) in [5, 5.41) is 0. The molecule has 1 aromatic rings. The Morgan fingerprint density at radius 1 is 1.22 bits per heavy atom. The summed E-state index contributed by atoms with van der Waals surface area (Å²) in [5.74, 6) is 1.68. The van der Waals surface area contributed by atoms with Crippen molar-refractivity contribution in [1.29, 1.82) is 0 Å². The molecule has 1 aliphatic rings. The maximum absolute atomic E-state index is 12.0. The van der Waals surface area contributed by atoms with Crippen molar-refractivity contribution in [3.63, 3.8) is 0 Å². The van der Waals surface area contributed by atoms with Gasteiger partial charge >= 0.3 is 0 Å². The molecule has 4 heteroatoms. The Bertz CT molecular complexity index is 459. The van der Waals surface area contributed by atoms with Gasteiger partial charge < -0.3 is 4.98 Å². The molecule has 2 rings (SSSR count). The van der Waals surface area contributed by atoms with Crippen LogP contribution in [0.25, 0.3) is 0 Å². The summed E-state index contributed by atoms with van der Waals surface area (Å²) in [6.07, 6.45) is 7.50. The van der Waals surface area contributed by atoms with E-state index in [1.165, 1.54) is 38.5 Å². The molecule has 18 heavy (non-hydrogen) atoms. The molecule has 1 heterocycles. The van der Waals surface area contributed by atoms with Gasteiger partial charge in [0.2, 0.25) is 0 Å². The van der Waals surface area contributed by atoms with Crippen LogP contribution < -0.4 is 5.56 Å². The number of H-pyrrole nitrogens is 1. The summed E-state index contributed by atoms with van der Waals surface area (Å²) in [4.78, 5) is 19.7. The number of rotatable bonds is 2. The van der Waals surface area contributed by atoms with E-state index < -0.39 is 0 Å². The van der Waals surface area contributed by atoms with Crippen molar-refractivity contribution in [2.24, 2.45) is 0 Å². The van der Waals surface area contributed by atoms with E-state index in [2.05, 4.69) is 41.4 Å². The number of aromatic amines is 1. The van der Waals surface area contributed by atoms with Gasteiger partial charge in [0.15, 0.2) is 0 Å². The van der Waals surface area contributed by atoms with Gasteiger partial charge in [0.1, 0.15) is 5.82 Å². The first kappa shape index (κ1) is 14.0. The van der Waals surface area contributed by atoms with Crippen molar-refractivity contribution in [3.05, 3.63) is 25.4 Å². The molecular formula is C14H21IN2O. The summed E-state index contributed by atoms with van der Waals surface area (Å²) in [6, 6.07) is 0. The number of aromatic nitrogens is 2. The molecule has 0 spiro atoms. The SMILES string of the molecule is CC(C)c1nc(C2CCCCCC2)[nH]c(=O)c1I. The van der Waals surface area contributed by atoms with Gasteiger partial charge in [-0.15, -0.1) is 0 Å². The molecule has 3 nitrogen and oxygen atoms in total. The summed E-state index contributed by atoms with van der Waals surface area (Å²) in [5.41, 5.74) is 0.993. The molecule has 0 aliphatic heterocycles. The lowest BCUT2D eigenvalue weighted by Gasteiger charge is -2.16. The van der Waals surface area contributed by atoms with Crippen LogP contribution in [0.5, 0.6) is 0 Å². The second kappa shape index (κ2) is 6.17. The summed E-state index contributed by atoms with van der Waals surface area (Å²) in [7, 11) is 0. The molecule has 0 unspecified atom stereocenters. The van der Waals surface area contributed by atoms with Gasteiger partial charge in [-0.05, 0) is 41.4 Å². The molecule has 0 radical (unpaired) electrons. The first-order valence-electron chi connectivity index (χ1n) is 6.89. The highest BCUT2D eigenvalue weighted by molar-refractivity contribution is 14.1. The number of hydrogen-bond donors (Lipinski definition) is 1. The van der Waals surface area contributed by atoms with Crippen LogP contribution in [-0.2, 0) is 0 Å². The normalized spacial score (nSPS) is 18.0. The summed E-state index contributed by atoms with van der Waals surface area (Å²) in [6.45, 7) is 4.20. The Kier molecular flexibility index (Phi) is 4.81. The lowest BCUT2D eigenvalue weighted by atomic mass is 9.99. The van der Waals surface area contributed by atoms with E-state index in [0.717, 1.165) is 15.1 Å². The van der Waals surface area contributed by atoms with Crippen molar-refractivity contribution in [1.82, 2.24) is 9.97 Å². The maximum Gasteiger partial charge on any atom is 0.264 e. The highest BCUT2D eigenvalue weighted by Gasteiger charge is 2.19. The van der Waals surface area contributed by atoms with E-state index >= 15 is 0 Å². The molecule has 100 valence electrons. The third kappa shape index (κ3) is 3.13. The molecular weight excluding hydrogens is 339 g/mol. The van der Waals surface area contributed by atoms with Crippen molar-refractivity contribution in [3.8, 4) is 0 Å². The zero-order valence-corrected chi connectivity index (χ0v) is 13.3. The van der Waals surface area contributed by atoms with Crippen LogP contribution in [0.3, 0.4) is 0 Å². The van der Waals surface area contributed by atoms with E-state index in [1.54, 1.807) is 0 Å². The predicted octanol–water partition coefficient (Wildman–Crippen LogP) is 3.94. The Hall–Kier alpha value is -0.390. The van der Waals surface area contributed by atoms with E-state index in [0.29, 0.717) is 11.8 Å².